The lowest BCUT2D eigenvalue weighted by Crippen LogP contribution is -2.15. The summed E-state index contributed by atoms with van der Waals surface area (Å²) in [5, 5.41) is 0. The zero-order chi connectivity index (χ0) is 19.1. The molecule has 0 amide bonds. The Morgan fingerprint density at radius 3 is 2.56 bits per heavy atom. The smallest absolute Gasteiger partial charge is 0.313 e. The average molecular weight is 373 g/mol. The van der Waals surface area contributed by atoms with E-state index in [4.69, 9.17) is 9.47 Å². The first-order chi connectivity index (χ1) is 13.2. The van der Waals surface area contributed by atoms with Gasteiger partial charge in [0.1, 0.15) is 18.0 Å². The predicted molar refractivity (Wildman–Crippen MR) is 105 cm³/mol. The van der Waals surface area contributed by atoms with Crippen LogP contribution in [0.15, 0.2) is 18.2 Å². The Morgan fingerprint density at radius 2 is 1.85 bits per heavy atom. The van der Waals surface area contributed by atoms with Crippen LogP contribution >= 0.6 is 0 Å². The standard InChI is InChI=1S/C23H32O4/c1-26-22-13-10-17(14-21(22)19-11-12-19)6-4-5-9-20(24)15-23(25)27-16-18-7-2-3-8-18/h10,13-14,18-19H,2-9,11-12,15-16H2,1H3. The van der Waals surface area contributed by atoms with Crippen LogP contribution in [0.3, 0.4) is 0 Å². The lowest BCUT2D eigenvalue weighted by atomic mass is 10.0. The van der Waals surface area contributed by atoms with Crippen molar-refractivity contribution in [2.45, 2.75) is 76.5 Å². The van der Waals surface area contributed by atoms with Crippen LogP contribution in [0, 0.1) is 5.92 Å². The molecule has 148 valence electrons. The van der Waals surface area contributed by atoms with E-state index in [2.05, 4.69) is 18.2 Å². The van der Waals surface area contributed by atoms with E-state index in [0.29, 0.717) is 24.9 Å². The molecule has 1 aromatic carbocycles. The van der Waals surface area contributed by atoms with Crippen molar-refractivity contribution in [3.63, 3.8) is 0 Å². The first kappa shape index (κ1) is 19.9. The summed E-state index contributed by atoms with van der Waals surface area (Å²) in [6, 6.07) is 6.44. The molecule has 2 aliphatic rings. The van der Waals surface area contributed by atoms with E-state index >= 15 is 0 Å². The Kier molecular flexibility index (Phi) is 7.31. The second-order valence-corrected chi connectivity index (χ2v) is 8.11. The summed E-state index contributed by atoms with van der Waals surface area (Å²) in [7, 11) is 1.73. The number of carbonyl (C=O) groups is 2. The van der Waals surface area contributed by atoms with Crippen molar-refractivity contribution in [2.24, 2.45) is 5.92 Å². The molecule has 4 nitrogen and oxygen atoms in total. The summed E-state index contributed by atoms with van der Waals surface area (Å²) in [5.74, 6) is 1.81. The summed E-state index contributed by atoms with van der Waals surface area (Å²) in [5.41, 5.74) is 2.64. The van der Waals surface area contributed by atoms with Gasteiger partial charge >= 0.3 is 5.97 Å². The number of esters is 1. The number of methoxy groups -OCH3 is 1. The van der Waals surface area contributed by atoms with Crippen molar-refractivity contribution in [1.29, 1.82) is 0 Å². The number of benzene rings is 1. The fourth-order valence-electron chi connectivity index (χ4n) is 3.99. The van der Waals surface area contributed by atoms with Crippen LogP contribution in [0.25, 0.3) is 0 Å². The molecular formula is C23H32O4. The van der Waals surface area contributed by atoms with E-state index in [1.165, 1.54) is 36.8 Å². The normalized spacial score (nSPS) is 17.1. The van der Waals surface area contributed by atoms with Crippen LogP contribution in [0.4, 0.5) is 0 Å². The summed E-state index contributed by atoms with van der Waals surface area (Å²) in [4.78, 5) is 23.8. The molecule has 0 N–H and O–H groups in total. The molecule has 0 saturated heterocycles. The predicted octanol–water partition coefficient (Wildman–Crippen LogP) is 4.98. The maximum Gasteiger partial charge on any atom is 0.313 e. The molecular weight excluding hydrogens is 340 g/mol. The molecule has 0 spiro atoms. The van der Waals surface area contributed by atoms with Crippen molar-refractivity contribution < 1.29 is 19.1 Å². The molecule has 0 aromatic heterocycles. The fourth-order valence-corrected chi connectivity index (χ4v) is 3.99. The Hall–Kier alpha value is -1.84. The van der Waals surface area contributed by atoms with Crippen molar-refractivity contribution in [3.05, 3.63) is 29.3 Å². The van der Waals surface area contributed by atoms with Crippen LogP contribution in [0.5, 0.6) is 5.75 Å². The molecule has 0 bridgehead atoms. The van der Waals surface area contributed by atoms with Gasteiger partial charge in [0.05, 0.1) is 13.7 Å². The molecule has 0 aliphatic heterocycles. The Bertz CT molecular complexity index is 642. The number of ether oxygens (including phenoxy) is 2. The van der Waals surface area contributed by atoms with Gasteiger partial charge in [-0.3, -0.25) is 9.59 Å². The minimum Gasteiger partial charge on any atom is -0.496 e. The van der Waals surface area contributed by atoms with E-state index in [0.717, 1.165) is 37.9 Å². The molecule has 2 saturated carbocycles. The maximum atomic E-state index is 12.0. The molecule has 4 heteroatoms. The second-order valence-electron chi connectivity index (χ2n) is 8.11. The molecule has 2 aliphatic carbocycles. The van der Waals surface area contributed by atoms with Gasteiger partial charge in [-0.05, 0) is 74.0 Å². The quantitative estimate of drug-likeness (QED) is 0.312. The van der Waals surface area contributed by atoms with Crippen LogP contribution < -0.4 is 4.74 Å². The van der Waals surface area contributed by atoms with Gasteiger partial charge in [0.25, 0.3) is 0 Å². The van der Waals surface area contributed by atoms with E-state index in [-0.39, 0.29) is 18.2 Å². The number of rotatable bonds is 11. The second kappa shape index (κ2) is 9.91. The van der Waals surface area contributed by atoms with Crippen molar-refractivity contribution in [2.75, 3.05) is 13.7 Å². The van der Waals surface area contributed by atoms with E-state index in [1.54, 1.807) is 7.11 Å². The van der Waals surface area contributed by atoms with Gasteiger partial charge in [-0.2, -0.15) is 0 Å². The van der Waals surface area contributed by atoms with Crippen LogP contribution in [0.2, 0.25) is 0 Å². The van der Waals surface area contributed by atoms with E-state index in [1.807, 2.05) is 0 Å². The Morgan fingerprint density at radius 1 is 1.07 bits per heavy atom. The van der Waals surface area contributed by atoms with Crippen molar-refractivity contribution in [3.8, 4) is 5.75 Å². The Balaban J connectivity index is 1.31. The highest BCUT2D eigenvalue weighted by Crippen LogP contribution is 2.44. The summed E-state index contributed by atoms with van der Waals surface area (Å²) in [6.07, 6.45) is 10.4. The highest BCUT2D eigenvalue weighted by molar-refractivity contribution is 5.95. The van der Waals surface area contributed by atoms with Gasteiger partial charge in [0, 0.05) is 6.42 Å². The van der Waals surface area contributed by atoms with Crippen LogP contribution in [0.1, 0.15) is 81.3 Å². The number of aryl methyl sites for hydroxylation is 1. The SMILES string of the molecule is COc1ccc(CCCCC(=O)CC(=O)OCC2CCCC2)cc1C1CC1. The summed E-state index contributed by atoms with van der Waals surface area (Å²) in [6.45, 7) is 0.493. The largest absolute Gasteiger partial charge is 0.496 e. The monoisotopic (exact) mass is 372 g/mol. The zero-order valence-electron chi connectivity index (χ0n) is 16.5. The van der Waals surface area contributed by atoms with Crippen LogP contribution in [-0.4, -0.2) is 25.5 Å². The number of ketones is 1. The third-order valence-corrected chi connectivity index (χ3v) is 5.78. The van der Waals surface area contributed by atoms with E-state index < -0.39 is 0 Å². The number of hydrogen-bond acceptors (Lipinski definition) is 4. The van der Waals surface area contributed by atoms with Gasteiger partial charge < -0.3 is 9.47 Å². The zero-order valence-corrected chi connectivity index (χ0v) is 16.5. The number of hydrogen-bond donors (Lipinski definition) is 0. The average Bonchev–Trinajstić information content (AvgIpc) is 3.39. The third-order valence-electron chi connectivity index (χ3n) is 5.78. The molecule has 0 unspecified atom stereocenters. The molecule has 0 radical (unpaired) electrons. The summed E-state index contributed by atoms with van der Waals surface area (Å²) < 4.78 is 10.7. The minimum absolute atomic E-state index is 0.000165. The minimum atomic E-state index is -0.351. The molecule has 0 heterocycles. The molecule has 0 atom stereocenters. The van der Waals surface area contributed by atoms with Gasteiger partial charge in [0.2, 0.25) is 0 Å². The van der Waals surface area contributed by atoms with Crippen molar-refractivity contribution >= 4 is 11.8 Å². The van der Waals surface area contributed by atoms with Gasteiger partial charge in [-0.1, -0.05) is 25.0 Å². The Labute approximate surface area is 162 Å². The maximum absolute atomic E-state index is 12.0. The molecule has 2 fully saturated rings. The van der Waals surface area contributed by atoms with Gasteiger partial charge in [0.15, 0.2) is 0 Å². The third kappa shape index (κ3) is 6.37. The van der Waals surface area contributed by atoms with E-state index in [9.17, 15) is 9.59 Å². The first-order valence-electron chi connectivity index (χ1n) is 10.5. The van der Waals surface area contributed by atoms with Crippen LogP contribution in [-0.2, 0) is 20.7 Å². The van der Waals surface area contributed by atoms with Gasteiger partial charge in [-0.25, -0.2) is 0 Å². The van der Waals surface area contributed by atoms with Crippen molar-refractivity contribution in [1.82, 2.24) is 0 Å². The van der Waals surface area contributed by atoms with Gasteiger partial charge in [-0.15, -0.1) is 0 Å². The molecule has 3 rings (SSSR count). The molecule has 27 heavy (non-hydrogen) atoms. The fraction of sp³-hybridized carbons (Fsp3) is 0.652. The lowest BCUT2D eigenvalue weighted by molar-refractivity contribution is -0.147. The lowest BCUT2D eigenvalue weighted by Gasteiger charge is -2.10. The highest BCUT2D eigenvalue weighted by Gasteiger charge is 2.26. The summed E-state index contributed by atoms with van der Waals surface area (Å²) >= 11 is 0. The highest BCUT2D eigenvalue weighted by atomic mass is 16.5. The number of carbonyl (C=O) groups excluding carboxylic acids is 2. The number of unbranched alkanes of at least 4 members (excludes halogenated alkanes) is 1. The first-order valence-corrected chi connectivity index (χ1v) is 10.5. The number of Topliss-reactive ketones (excluding diaryl/α,β-unsaturated/α-hetero) is 1. The topological polar surface area (TPSA) is 52.6 Å². The molecule has 1 aromatic rings.